The highest BCUT2D eigenvalue weighted by Gasteiger charge is 2.20. The van der Waals surface area contributed by atoms with Gasteiger partial charge >= 0.3 is 0 Å². The fourth-order valence-electron chi connectivity index (χ4n) is 3.14. The van der Waals surface area contributed by atoms with Crippen LogP contribution in [0.4, 0.5) is 0 Å². The molecule has 1 aliphatic rings. The van der Waals surface area contributed by atoms with Gasteiger partial charge in [0, 0.05) is 16.0 Å². The molecule has 0 aliphatic heterocycles. The molecule has 4 rings (SSSR count). The summed E-state index contributed by atoms with van der Waals surface area (Å²) in [6.45, 7) is 0. The van der Waals surface area contributed by atoms with Crippen LogP contribution >= 0.6 is 15.9 Å². The standard InChI is InChI=1S/C17H16BrN3/c18-15-8-7-12-9-14(6-5-13(12)10-15)17-19-16(20-21-17)11-3-1-2-4-11/h5-11H,1-4H2,(H,19,20,21). The molecule has 3 aromatic rings. The zero-order chi connectivity index (χ0) is 14.2. The second kappa shape index (κ2) is 5.26. The van der Waals surface area contributed by atoms with Gasteiger partial charge in [-0.15, -0.1) is 0 Å². The fraction of sp³-hybridized carbons (Fsp3) is 0.294. The molecule has 0 bridgehead atoms. The van der Waals surface area contributed by atoms with Crippen LogP contribution in [-0.4, -0.2) is 15.2 Å². The van der Waals surface area contributed by atoms with Crippen molar-refractivity contribution in [3.63, 3.8) is 0 Å². The zero-order valence-electron chi connectivity index (χ0n) is 11.6. The molecule has 4 heteroatoms. The molecule has 0 saturated heterocycles. The van der Waals surface area contributed by atoms with E-state index in [2.05, 4.69) is 62.5 Å². The number of aromatic amines is 1. The van der Waals surface area contributed by atoms with Crippen molar-refractivity contribution in [3.8, 4) is 11.4 Å². The normalized spacial score (nSPS) is 15.9. The smallest absolute Gasteiger partial charge is 0.181 e. The third-order valence-corrected chi connectivity index (χ3v) is 4.80. The van der Waals surface area contributed by atoms with Crippen LogP contribution in [0.5, 0.6) is 0 Å². The molecule has 0 atom stereocenters. The van der Waals surface area contributed by atoms with Gasteiger partial charge in [-0.05, 0) is 41.8 Å². The molecular formula is C17H16BrN3. The minimum Gasteiger partial charge on any atom is -0.262 e. The van der Waals surface area contributed by atoms with Crippen LogP contribution in [0, 0.1) is 0 Å². The molecule has 1 N–H and O–H groups in total. The fourth-order valence-corrected chi connectivity index (χ4v) is 3.52. The van der Waals surface area contributed by atoms with E-state index in [0.717, 1.165) is 21.7 Å². The third-order valence-electron chi connectivity index (χ3n) is 4.31. The van der Waals surface area contributed by atoms with Gasteiger partial charge < -0.3 is 0 Å². The van der Waals surface area contributed by atoms with E-state index < -0.39 is 0 Å². The summed E-state index contributed by atoms with van der Waals surface area (Å²) in [5, 5.41) is 9.98. The van der Waals surface area contributed by atoms with E-state index in [9.17, 15) is 0 Å². The first-order valence-electron chi connectivity index (χ1n) is 7.41. The molecule has 1 heterocycles. The van der Waals surface area contributed by atoms with E-state index in [1.54, 1.807) is 0 Å². The maximum Gasteiger partial charge on any atom is 0.181 e. The minimum atomic E-state index is 0.572. The monoisotopic (exact) mass is 341 g/mol. The summed E-state index contributed by atoms with van der Waals surface area (Å²) in [6, 6.07) is 12.7. The molecule has 0 unspecified atom stereocenters. The summed E-state index contributed by atoms with van der Waals surface area (Å²) >= 11 is 3.51. The Morgan fingerprint density at radius 2 is 1.76 bits per heavy atom. The average Bonchev–Trinajstić information content (AvgIpc) is 3.17. The maximum atomic E-state index is 4.71. The SMILES string of the molecule is Brc1ccc2cc(-c3n[nH]c(C4CCCC4)n3)ccc2c1. The van der Waals surface area contributed by atoms with E-state index in [-0.39, 0.29) is 0 Å². The lowest BCUT2D eigenvalue weighted by Gasteiger charge is -2.03. The molecular weight excluding hydrogens is 326 g/mol. The molecule has 3 nitrogen and oxygen atoms in total. The lowest BCUT2D eigenvalue weighted by molar-refractivity contribution is 0.672. The largest absolute Gasteiger partial charge is 0.262 e. The summed E-state index contributed by atoms with van der Waals surface area (Å²) in [5.74, 6) is 2.43. The summed E-state index contributed by atoms with van der Waals surface area (Å²) in [4.78, 5) is 4.71. The van der Waals surface area contributed by atoms with Crippen LogP contribution < -0.4 is 0 Å². The van der Waals surface area contributed by atoms with Crippen molar-refractivity contribution >= 4 is 26.7 Å². The van der Waals surface area contributed by atoms with Crippen molar-refractivity contribution < 1.29 is 0 Å². The summed E-state index contributed by atoms with van der Waals surface area (Å²) in [6.07, 6.45) is 5.10. The molecule has 1 saturated carbocycles. The summed E-state index contributed by atoms with van der Waals surface area (Å²) < 4.78 is 1.10. The van der Waals surface area contributed by atoms with Crippen LogP contribution in [0.15, 0.2) is 40.9 Å². The van der Waals surface area contributed by atoms with E-state index in [0.29, 0.717) is 5.92 Å². The second-order valence-electron chi connectivity index (χ2n) is 5.73. The van der Waals surface area contributed by atoms with Gasteiger partial charge in [-0.2, -0.15) is 5.10 Å². The average molecular weight is 342 g/mol. The molecule has 1 aliphatic carbocycles. The summed E-state index contributed by atoms with van der Waals surface area (Å²) in [7, 11) is 0. The number of H-pyrrole nitrogens is 1. The van der Waals surface area contributed by atoms with Gasteiger partial charge in [0.25, 0.3) is 0 Å². The van der Waals surface area contributed by atoms with Crippen LogP contribution in [0.3, 0.4) is 0 Å². The van der Waals surface area contributed by atoms with Gasteiger partial charge in [0.2, 0.25) is 0 Å². The van der Waals surface area contributed by atoms with Gasteiger partial charge in [-0.25, -0.2) is 4.98 Å². The quantitative estimate of drug-likeness (QED) is 0.708. The van der Waals surface area contributed by atoms with Crippen molar-refractivity contribution in [1.29, 1.82) is 0 Å². The van der Waals surface area contributed by atoms with Crippen LogP contribution in [-0.2, 0) is 0 Å². The Kier molecular flexibility index (Phi) is 3.26. The Balaban J connectivity index is 1.71. The highest BCUT2D eigenvalue weighted by molar-refractivity contribution is 9.10. The van der Waals surface area contributed by atoms with Gasteiger partial charge in [0.15, 0.2) is 5.82 Å². The topological polar surface area (TPSA) is 41.6 Å². The minimum absolute atomic E-state index is 0.572. The number of rotatable bonds is 2. The number of nitrogens with zero attached hydrogens (tertiary/aromatic N) is 2. The molecule has 21 heavy (non-hydrogen) atoms. The molecule has 106 valence electrons. The number of fused-ring (bicyclic) bond motifs is 1. The molecule has 2 aromatic carbocycles. The maximum absolute atomic E-state index is 4.71. The van der Waals surface area contributed by atoms with Crippen molar-refractivity contribution in [3.05, 3.63) is 46.7 Å². The third kappa shape index (κ3) is 2.48. The molecule has 0 amide bonds. The first kappa shape index (κ1) is 13.0. The van der Waals surface area contributed by atoms with Gasteiger partial charge in [0.1, 0.15) is 5.82 Å². The van der Waals surface area contributed by atoms with Crippen LogP contribution in [0.25, 0.3) is 22.2 Å². The number of benzene rings is 2. The van der Waals surface area contributed by atoms with Crippen molar-refractivity contribution in [2.24, 2.45) is 0 Å². The Labute approximate surface area is 131 Å². The van der Waals surface area contributed by atoms with Crippen LogP contribution in [0.2, 0.25) is 0 Å². The Bertz CT molecular complexity index is 788. The first-order valence-corrected chi connectivity index (χ1v) is 8.21. The van der Waals surface area contributed by atoms with E-state index in [1.807, 2.05) is 0 Å². The van der Waals surface area contributed by atoms with Crippen molar-refractivity contribution in [1.82, 2.24) is 15.2 Å². The number of aromatic nitrogens is 3. The Morgan fingerprint density at radius 1 is 1.00 bits per heavy atom. The van der Waals surface area contributed by atoms with Gasteiger partial charge in [-0.3, -0.25) is 5.10 Å². The zero-order valence-corrected chi connectivity index (χ0v) is 13.2. The Morgan fingerprint density at radius 3 is 2.62 bits per heavy atom. The number of hydrogen-bond acceptors (Lipinski definition) is 2. The van der Waals surface area contributed by atoms with Crippen molar-refractivity contribution in [2.75, 3.05) is 0 Å². The Hall–Kier alpha value is -1.68. The molecule has 0 spiro atoms. The summed E-state index contributed by atoms with van der Waals surface area (Å²) in [5.41, 5.74) is 1.07. The van der Waals surface area contributed by atoms with Crippen LogP contribution in [0.1, 0.15) is 37.4 Å². The predicted octanol–water partition coefficient (Wildman–Crippen LogP) is 5.05. The molecule has 0 radical (unpaired) electrons. The van der Waals surface area contributed by atoms with E-state index in [1.165, 1.54) is 36.5 Å². The van der Waals surface area contributed by atoms with Gasteiger partial charge in [0.05, 0.1) is 0 Å². The van der Waals surface area contributed by atoms with Gasteiger partial charge in [-0.1, -0.05) is 47.0 Å². The number of nitrogens with one attached hydrogen (secondary N) is 1. The highest BCUT2D eigenvalue weighted by atomic mass is 79.9. The lowest BCUT2D eigenvalue weighted by Crippen LogP contribution is -1.94. The second-order valence-corrected chi connectivity index (χ2v) is 6.65. The predicted molar refractivity (Wildman–Crippen MR) is 88.2 cm³/mol. The van der Waals surface area contributed by atoms with Crippen molar-refractivity contribution in [2.45, 2.75) is 31.6 Å². The molecule has 1 aromatic heterocycles. The van der Waals surface area contributed by atoms with E-state index >= 15 is 0 Å². The number of halogens is 1. The molecule has 1 fully saturated rings. The first-order chi connectivity index (χ1) is 10.3. The number of hydrogen-bond donors (Lipinski definition) is 1. The lowest BCUT2D eigenvalue weighted by atomic mass is 10.1. The highest BCUT2D eigenvalue weighted by Crippen LogP contribution is 2.33. The van der Waals surface area contributed by atoms with E-state index in [4.69, 9.17) is 4.98 Å².